The molecule has 58 valence electrons. The van der Waals surface area contributed by atoms with Crippen molar-refractivity contribution in [1.82, 2.24) is 0 Å². The van der Waals surface area contributed by atoms with Crippen LogP contribution in [0.5, 0.6) is 0 Å². The molecule has 0 aromatic heterocycles. The predicted octanol–water partition coefficient (Wildman–Crippen LogP) is 3.36. The molecular weight excluding hydrogens is 144 g/mol. The summed E-state index contributed by atoms with van der Waals surface area (Å²) in [6.45, 7) is 3.74. The Balaban J connectivity index is 2.24. The van der Waals surface area contributed by atoms with E-state index in [9.17, 15) is 0 Å². The molecule has 0 heterocycles. The SMILES string of the molecule is C=CCC1CCCC(Cl)C1. The van der Waals surface area contributed by atoms with E-state index in [1.54, 1.807) is 0 Å². The van der Waals surface area contributed by atoms with E-state index < -0.39 is 0 Å². The highest BCUT2D eigenvalue weighted by atomic mass is 35.5. The van der Waals surface area contributed by atoms with Gasteiger partial charge in [0.1, 0.15) is 0 Å². The average molecular weight is 159 g/mol. The number of halogens is 1. The maximum atomic E-state index is 6.01. The van der Waals surface area contributed by atoms with Crippen molar-refractivity contribution in [3.63, 3.8) is 0 Å². The zero-order chi connectivity index (χ0) is 7.40. The highest BCUT2D eigenvalue weighted by Crippen LogP contribution is 2.29. The van der Waals surface area contributed by atoms with E-state index in [0.717, 1.165) is 12.3 Å². The fraction of sp³-hybridized carbons (Fsp3) is 0.778. The molecule has 1 rings (SSSR count). The normalized spacial score (nSPS) is 33.7. The molecule has 0 N–H and O–H groups in total. The Morgan fingerprint density at radius 1 is 1.50 bits per heavy atom. The third-order valence-corrected chi connectivity index (χ3v) is 2.62. The van der Waals surface area contributed by atoms with Gasteiger partial charge in [0.2, 0.25) is 0 Å². The number of hydrogen-bond donors (Lipinski definition) is 0. The fourth-order valence-electron chi connectivity index (χ4n) is 1.68. The summed E-state index contributed by atoms with van der Waals surface area (Å²) in [4.78, 5) is 0. The number of hydrogen-bond acceptors (Lipinski definition) is 0. The molecule has 1 aliphatic carbocycles. The van der Waals surface area contributed by atoms with E-state index in [1.807, 2.05) is 6.08 Å². The lowest BCUT2D eigenvalue weighted by Crippen LogP contribution is -2.14. The van der Waals surface area contributed by atoms with E-state index in [1.165, 1.54) is 25.7 Å². The second-order valence-electron chi connectivity index (χ2n) is 3.15. The molecule has 0 saturated heterocycles. The van der Waals surface area contributed by atoms with Gasteiger partial charge in [-0.2, -0.15) is 0 Å². The third-order valence-electron chi connectivity index (χ3n) is 2.22. The van der Waals surface area contributed by atoms with Crippen LogP contribution in [0.25, 0.3) is 0 Å². The molecular formula is C9H15Cl. The van der Waals surface area contributed by atoms with Crippen molar-refractivity contribution in [2.75, 3.05) is 0 Å². The van der Waals surface area contributed by atoms with Crippen molar-refractivity contribution in [3.8, 4) is 0 Å². The number of rotatable bonds is 2. The van der Waals surface area contributed by atoms with Crippen LogP contribution in [-0.4, -0.2) is 5.38 Å². The largest absolute Gasteiger partial charge is 0.123 e. The van der Waals surface area contributed by atoms with Gasteiger partial charge in [0.15, 0.2) is 0 Å². The summed E-state index contributed by atoms with van der Waals surface area (Å²) in [5, 5.41) is 0.443. The summed E-state index contributed by atoms with van der Waals surface area (Å²) >= 11 is 6.01. The number of alkyl halides is 1. The minimum absolute atomic E-state index is 0.443. The maximum Gasteiger partial charge on any atom is 0.0338 e. The molecule has 1 fully saturated rings. The molecule has 0 amide bonds. The van der Waals surface area contributed by atoms with Gasteiger partial charge in [-0.15, -0.1) is 18.2 Å². The summed E-state index contributed by atoms with van der Waals surface area (Å²) < 4.78 is 0. The Morgan fingerprint density at radius 3 is 2.90 bits per heavy atom. The van der Waals surface area contributed by atoms with Gasteiger partial charge in [-0.05, 0) is 25.2 Å². The second-order valence-corrected chi connectivity index (χ2v) is 3.77. The van der Waals surface area contributed by atoms with E-state index in [-0.39, 0.29) is 0 Å². The van der Waals surface area contributed by atoms with Gasteiger partial charge < -0.3 is 0 Å². The summed E-state index contributed by atoms with van der Waals surface area (Å²) in [5.74, 6) is 0.828. The molecule has 0 spiro atoms. The van der Waals surface area contributed by atoms with Crippen molar-refractivity contribution in [1.29, 1.82) is 0 Å². The Labute approximate surface area is 68.3 Å². The minimum atomic E-state index is 0.443. The molecule has 0 aromatic carbocycles. The van der Waals surface area contributed by atoms with Gasteiger partial charge in [0.05, 0.1) is 0 Å². The van der Waals surface area contributed by atoms with Crippen LogP contribution in [0.4, 0.5) is 0 Å². The Kier molecular flexibility index (Phi) is 3.27. The smallest absolute Gasteiger partial charge is 0.0338 e. The molecule has 1 saturated carbocycles. The molecule has 0 radical (unpaired) electrons. The number of allylic oxidation sites excluding steroid dienone is 1. The van der Waals surface area contributed by atoms with E-state index in [4.69, 9.17) is 11.6 Å². The first-order chi connectivity index (χ1) is 4.83. The molecule has 10 heavy (non-hydrogen) atoms. The van der Waals surface area contributed by atoms with Crippen LogP contribution in [0.1, 0.15) is 32.1 Å². The standard InChI is InChI=1S/C9H15Cl/c1-2-4-8-5-3-6-9(10)7-8/h2,8-9H,1,3-7H2. The van der Waals surface area contributed by atoms with Crippen LogP contribution in [0.3, 0.4) is 0 Å². The van der Waals surface area contributed by atoms with E-state index in [0.29, 0.717) is 5.38 Å². The molecule has 0 nitrogen and oxygen atoms in total. The predicted molar refractivity (Wildman–Crippen MR) is 46.4 cm³/mol. The summed E-state index contributed by atoms with van der Waals surface area (Å²) in [6, 6.07) is 0. The van der Waals surface area contributed by atoms with Crippen molar-refractivity contribution < 1.29 is 0 Å². The lowest BCUT2D eigenvalue weighted by molar-refractivity contribution is 0.366. The highest BCUT2D eigenvalue weighted by molar-refractivity contribution is 6.20. The Morgan fingerprint density at radius 2 is 2.30 bits per heavy atom. The zero-order valence-electron chi connectivity index (χ0n) is 6.35. The van der Waals surface area contributed by atoms with E-state index >= 15 is 0 Å². The molecule has 0 aromatic rings. The van der Waals surface area contributed by atoms with Gasteiger partial charge in [0, 0.05) is 5.38 Å². The van der Waals surface area contributed by atoms with Gasteiger partial charge in [-0.1, -0.05) is 18.9 Å². The summed E-state index contributed by atoms with van der Waals surface area (Å²) in [7, 11) is 0. The van der Waals surface area contributed by atoms with Gasteiger partial charge in [-0.3, -0.25) is 0 Å². The first-order valence-electron chi connectivity index (χ1n) is 4.08. The first kappa shape index (κ1) is 8.13. The van der Waals surface area contributed by atoms with Crippen LogP contribution < -0.4 is 0 Å². The van der Waals surface area contributed by atoms with Crippen molar-refractivity contribution in [2.45, 2.75) is 37.5 Å². The second kappa shape index (κ2) is 4.02. The minimum Gasteiger partial charge on any atom is -0.123 e. The van der Waals surface area contributed by atoms with Crippen LogP contribution in [-0.2, 0) is 0 Å². The van der Waals surface area contributed by atoms with Crippen molar-refractivity contribution in [2.24, 2.45) is 5.92 Å². The van der Waals surface area contributed by atoms with Crippen molar-refractivity contribution in [3.05, 3.63) is 12.7 Å². The molecule has 0 bridgehead atoms. The lowest BCUT2D eigenvalue weighted by Gasteiger charge is -2.23. The average Bonchev–Trinajstić information content (AvgIpc) is 1.88. The van der Waals surface area contributed by atoms with Crippen molar-refractivity contribution >= 4 is 11.6 Å². The monoisotopic (exact) mass is 158 g/mol. The van der Waals surface area contributed by atoms with Crippen LogP contribution >= 0.6 is 11.6 Å². The summed E-state index contributed by atoms with van der Waals surface area (Å²) in [5.41, 5.74) is 0. The molecule has 1 heteroatoms. The fourth-order valence-corrected chi connectivity index (χ4v) is 2.08. The molecule has 2 unspecified atom stereocenters. The molecule has 0 aliphatic heterocycles. The van der Waals surface area contributed by atoms with E-state index in [2.05, 4.69) is 6.58 Å². The Bertz CT molecular complexity index is 109. The third kappa shape index (κ3) is 2.34. The van der Waals surface area contributed by atoms with Gasteiger partial charge >= 0.3 is 0 Å². The topological polar surface area (TPSA) is 0 Å². The first-order valence-corrected chi connectivity index (χ1v) is 4.51. The maximum absolute atomic E-state index is 6.01. The van der Waals surface area contributed by atoms with Gasteiger partial charge in [0.25, 0.3) is 0 Å². The van der Waals surface area contributed by atoms with Crippen LogP contribution in [0, 0.1) is 5.92 Å². The zero-order valence-corrected chi connectivity index (χ0v) is 7.11. The van der Waals surface area contributed by atoms with Crippen LogP contribution in [0.15, 0.2) is 12.7 Å². The quantitative estimate of drug-likeness (QED) is 0.427. The Hall–Kier alpha value is 0.0300. The van der Waals surface area contributed by atoms with Crippen LogP contribution in [0.2, 0.25) is 0 Å². The molecule has 2 atom stereocenters. The highest BCUT2D eigenvalue weighted by Gasteiger charge is 2.18. The summed E-state index contributed by atoms with van der Waals surface area (Å²) in [6.07, 6.45) is 8.26. The van der Waals surface area contributed by atoms with Gasteiger partial charge in [-0.25, -0.2) is 0 Å². The molecule has 1 aliphatic rings. The lowest BCUT2D eigenvalue weighted by atomic mass is 9.87.